The number of hydrogen-bond acceptors (Lipinski definition) is 3. The van der Waals surface area contributed by atoms with E-state index in [-0.39, 0.29) is 11.4 Å². The molecule has 1 aromatic rings. The molecule has 1 heterocycles. The number of carbonyl (C=O) groups excluding carboxylic acids is 1. The van der Waals surface area contributed by atoms with Crippen LogP contribution in [0.3, 0.4) is 0 Å². The zero-order valence-electron chi connectivity index (χ0n) is 16.7. The number of carbonyl (C=O) groups is 1. The summed E-state index contributed by atoms with van der Waals surface area (Å²) in [5, 5.41) is 9.90. The van der Waals surface area contributed by atoms with E-state index in [1.54, 1.807) is 0 Å². The van der Waals surface area contributed by atoms with Gasteiger partial charge in [-0.3, -0.25) is 4.79 Å². The molecule has 4 heteroatoms. The highest BCUT2D eigenvalue weighted by molar-refractivity contribution is 5.94. The van der Waals surface area contributed by atoms with E-state index in [0.29, 0.717) is 12.3 Å². The number of aliphatic hydroxyl groups is 1. The van der Waals surface area contributed by atoms with Crippen LogP contribution in [0.5, 0.6) is 0 Å². The summed E-state index contributed by atoms with van der Waals surface area (Å²) in [6.07, 6.45) is 2.59. The number of benzene rings is 1. The van der Waals surface area contributed by atoms with Gasteiger partial charge >= 0.3 is 0 Å². The summed E-state index contributed by atoms with van der Waals surface area (Å²) in [6.45, 7) is 10.0. The molecule has 0 bridgehead atoms. The Morgan fingerprint density at radius 3 is 2.64 bits per heavy atom. The standard InChI is InChI=1S/C21H34N2O2/c1-20(2,25)12-10-16-8-7-9-17(14-16)19(24)22(5)15-18-11-13-23(6)21(18,3)4/h7-9,14,18,25H,10-13,15H2,1-6H3/t18-/m1/s1. The van der Waals surface area contributed by atoms with Gasteiger partial charge in [0.05, 0.1) is 5.60 Å². The van der Waals surface area contributed by atoms with Gasteiger partial charge in [0.25, 0.3) is 5.91 Å². The van der Waals surface area contributed by atoms with Gasteiger partial charge < -0.3 is 14.9 Å². The molecule has 1 atom stereocenters. The molecule has 1 aromatic carbocycles. The van der Waals surface area contributed by atoms with Gasteiger partial charge in [-0.1, -0.05) is 12.1 Å². The number of amides is 1. The van der Waals surface area contributed by atoms with Crippen LogP contribution in [-0.4, -0.2) is 59.1 Å². The van der Waals surface area contributed by atoms with E-state index in [9.17, 15) is 9.90 Å². The number of hydrogen-bond donors (Lipinski definition) is 1. The van der Waals surface area contributed by atoms with Gasteiger partial charge in [0.15, 0.2) is 0 Å². The first kappa shape index (κ1) is 19.9. The van der Waals surface area contributed by atoms with Crippen LogP contribution in [0.25, 0.3) is 0 Å². The van der Waals surface area contributed by atoms with Crippen LogP contribution in [0.4, 0.5) is 0 Å². The van der Waals surface area contributed by atoms with Crippen molar-refractivity contribution < 1.29 is 9.90 Å². The highest BCUT2D eigenvalue weighted by atomic mass is 16.3. The van der Waals surface area contributed by atoms with Gasteiger partial charge in [0.2, 0.25) is 0 Å². The molecule has 0 spiro atoms. The molecule has 0 aliphatic carbocycles. The molecule has 0 unspecified atom stereocenters. The van der Waals surface area contributed by atoms with Crippen molar-refractivity contribution in [2.45, 2.75) is 58.1 Å². The molecule has 0 aromatic heterocycles. The molecule has 1 aliphatic heterocycles. The molecule has 1 N–H and O–H groups in total. The lowest BCUT2D eigenvalue weighted by molar-refractivity contribution is 0.0714. The molecule has 0 saturated carbocycles. The number of rotatable bonds is 6. The van der Waals surface area contributed by atoms with Gasteiger partial charge in [0, 0.05) is 24.7 Å². The summed E-state index contributed by atoms with van der Waals surface area (Å²) in [5.74, 6) is 0.570. The van der Waals surface area contributed by atoms with Gasteiger partial charge in [-0.15, -0.1) is 0 Å². The molecule has 1 fully saturated rings. The minimum absolute atomic E-state index is 0.0791. The molecular formula is C21H34N2O2. The normalized spacial score (nSPS) is 20.7. The minimum Gasteiger partial charge on any atom is -0.390 e. The Morgan fingerprint density at radius 1 is 1.40 bits per heavy atom. The average Bonchev–Trinajstić information content (AvgIpc) is 2.78. The molecule has 0 radical (unpaired) electrons. The van der Waals surface area contributed by atoms with Crippen molar-refractivity contribution >= 4 is 5.91 Å². The van der Waals surface area contributed by atoms with Crippen LogP contribution >= 0.6 is 0 Å². The van der Waals surface area contributed by atoms with Gasteiger partial charge in [-0.05, 0) is 84.2 Å². The Bertz CT molecular complexity index is 604. The molecule has 140 valence electrons. The van der Waals surface area contributed by atoms with Crippen LogP contribution in [0.15, 0.2) is 24.3 Å². The second-order valence-corrected chi connectivity index (χ2v) is 8.76. The first-order valence-corrected chi connectivity index (χ1v) is 9.29. The van der Waals surface area contributed by atoms with Crippen LogP contribution in [0.1, 0.15) is 56.5 Å². The predicted octanol–water partition coefficient (Wildman–Crippen LogP) is 3.19. The Labute approximate surface area is 152 Å². The SMILES string of the molecule is CN(C[C@H]1CCN(C)C1(C)C)C(=O)c1cccc(CCC(C)(C)O)c1. The number of likely N-dealkylation sites (tertiary alicyclic amines) is 1. The fourth-order valence-corrected chi connectivity index (χ4v) is 3.56. The summed E-state index contributed by atoms with van der Waals surface area (Å²) in [4.78, 5) is 17.1. The van der Waals surface area contributed by atoms with E-state index in [1.807, 2.05) is 50.1 Å². The van der Waals surface area contributed by atoms with E-state index >= 15 is 0 Å². The lowest BCUT2D eigenvalue weighted by atomic mass is 9.88. The van der Waals surface area contributed by atoms with E-state index in [1.165, 1.54) is 0 Å². The fourth-order valence-electron chi connectivity index (χ4n) is 3.56. The Hall–Kier alpha value is -1.39. The van der Waals surface area contributed by atoms with Crippen molar-refractivity contribution in [1.82, 2.24) is 9.80 Å². The van der Waals surface area contributed by atoms with Crippen molar-refractivity contribution in [3.05, 3.63) is 35.4 Å². The summed E-state index contributed by atoms with van der Waals surface area (Å²) < 4.78 is 0. The third-order valence-electron chi connectivity index (χ3n) is 5.84. The molecule has 1 saturated heterocycles. The minimum atomic E-state index is -0.684. The topological polar surface area (TPSA) is 43.8 Å². The molecule has 25 heavy (non-hydrogen) atoms. The van der Waals surface area contributed by atoms with Crippen LogP contribution in [0, 0.1) is 5.92 Å². The highest BCUT2D eigenvalue weighted by Gasteiger charge is 2.39. The van der Waals surface area contributed by atoms with Crippen LogP contribution in [-0.2, 0) is 6.42 Å². The lowest BCUT2D eigenvalue weighted by Gasteiger charge is -2.35. The van der Waals surface area contributed by atoms with E-state index in [0.717, 1.165) is 37.1 Å². The van der Waals surface area contributed by atoms with Gasteiger partial charge in [0.1, 0.15) is 0 Å². The van der Waals surface area contributed by atoms with Crippen molar-refractivity contribution in [2.24, 2.45) is 5.92 Å². The smallest absolute Gasteiger partial charge is 0.253 e. The van der Waals surface area contributed by atoms with Crippen molar-refractivity contribution in [3.8, 4) is 0 Å². The zero-order chi connectivity index (χ0) is 18.8. The second kappa shape index (κ2) is 7.46. The maximum absolute atomic E-state index is 12.8. The lowest BCUT2D eigenvalue weighted by Crippen LogP contribution is -2.44. The van der Waals surface area contributed by atoms with Crippen molar-refractivity contribution in [3.63, 3.8) is 0 Å². The first-order valence-electron chi connectivity index (χ1n) is 9.29. The largest absolute Gasteiger partial charge is 0.390 e. The third kappa shape index (κ3) is 5.05. The summed E-state index contributed by atoms with van der Waals surface area (Å²) in [5.41, 5.74) is 1.28. The average molecular weight is 347 g/mol. The first-order chi connectivity index (χ1) is 11.5. The van der Waals surface area contributed by atoms with Crippen LogP contribution in [0.2, 0.25) is 0 Å². The number of aryl methyl sites for hydroxylation is 1. The third-order valence-corrected chi connectivity index (χ3v) is 5.84. The predicted molar refractivity (Wildman–Crippen MR) is 103 cm³/mol. The summed E-state index contributed by atoms with van der Waals surface area (Å²) in [6, 6.07) is 7.82. The van der Waals surface area contributed by atoms with Gasteiger partial charge in [-0.2, -0.15) is 0 Å². The molecule has 2 rings (SSSR count). The Kier molecular flexibility index (Phi) is 5.95. The monoisotopic (exact) mass is 346 g/mol. The zero-order valence-corrected chi connectivity index (χ0v) is 16.7. The summed E-state index contributed by atoms with van der Waals surface area (Å²) in [7, 11) is 4.06. The van der Waals surface area contributed by atoms with Crippen molar-refractivity contribution in [2.75, 3.05) is 27.2 Å². The number of nitrogens with zero attached hydrogens (tertiary/aromatic N) is 2. The van der Waals surface area contributed by atoms with E-state index in [4.69, 9.17) is 0 Å². The van der Waals surface area contributed by atoms with Crippen LogP contribution < -0.4 is 0 Å². The molecule has 1 aliphatic rings. The quantitative estimate of drug-likeness (QED) is 0.860. The Morgan fingerprint density at radius 2 is 2.08 bits per heavy atom. The van der Waals surface area contributed by atoms with E-state index in [2.05, 4.69) is 25.8 Å². The summed E-state index contributed by atoms with van der Waals surface area (Å²) >= 11 is 0. The van der Waals surface area contributed by atoms with Crippen molar-refractivity contribution in [1.29, 1.82) is 0 Å². The van der Waals surface area contributed by atoms with Gasteiger partial charge in [-0.25, -0.2) is 0 Å². The molecule has 1 amide bonds. The molecular weight excluding hydrogens is 312 g/mol. The second-order valence-electron chi connectivity index (χ2n) is 8.76. The maximum Gasteiger partial charge on any atom is 0.253 e. The molecule has 4 nitrogen and oxygen atoms in total. The maximum atomic E-state index is 12.8. The highest BCUT2D eigenvalue weighted by Crippen LogP contribution is 2.33. The Balaban J connectivity index is 2.02. The fraction of sp³-hybridized carbons (Fsp3) is 0.667. The van der Waals surface area contributed by atoms with E-state index < -0.39 is 5.60 Å².